The predicted molar refractivity (Wildman–Crippen MR) is 99.6 cm³/mol. The van der Waals surface area contributed by atoms with E-state index >= 15 is 0 Å². The average molecular weight is 350 g/mol. The Hall–Kier alpha value is -3.15. The summed E-state index contributed by atoms with van der Waals surface area (Å²) in [6.45, 7) is 3.19. The highest BCUT2D eigenvalue weighted by molar-refractivity contribution is 6.08. The lowest BCUT2D eigenvalue weighted by atomic mass is 10.1. The molecule has 0 spiro atoms. The molecule has 0 bridgehead atoms. The van der Waals surface area contributed by atoms with E-state index in [4.69, 9.17) is 0 Å². The first-order valence-electron chi connectivity index (χ1n) is 8.48. The Bertz CT molecular complexity index is 981. The molecule has 0 atom stereocenters. The van der Waals surface area contributed by atoms with Crippen LogP contribution in [0, 0.1) is 12.7 Å². The van der Waals surface area contributed by atoms with Crippen molar-refractivity contribution < 1.29 is 9.18 Å². The molecule has 2 heterocycles. The summed E-state index contributed by atoms with van der Waals surface area (Å²) >= 11 is 0. The number of rotatable bonds is 2. The molecule has 6 heteroatoms. The van der Waals surface area contributed by atoms with Crippen LogP contribution in [0.5, 0.6) is 0 Å². The van der Waals surface area contributed by atoms with Crippen molar-refractivity contribution in [1.29, 1.82) is 0 Å². The molecule has 1 aliphatic rings. The number of aromatic nitrogens is 2. The summed E-state index contributed by atoms with van der Waals surface area (Å²) in [7, 11) is 1.94. The van der Waals surface area contributed by atoms with Crippen LogP contribution in [0.25, 0.3) is 5.69 Å². The summed E-state index contributed by atoms with van der Waals surface area (Å²) in [6.07, 6.45) is 3.29. The molecular weight excluding hydrogens is 331 g/mol. The second-order valence-corrected chi connectivity index (χ2v) is 6.47. The van der Waals surface area contributed by atoms with Gasteiger partial charge in [0.1, 0.15) is 5.82 Å². The lowest BCUT2D eigenvalue weighted by Gasteiger charge is -2.35. The van der Waals surface area contributed by atoms with Gasteiger partial charge in [-0.2, -0.15) is 5.10 Å². The molecule has 26 heavy (non-hydrogen) atoms. The summed E-state index contributed by atoms with van der Waals surface area (Å²) in [4.78, 5) is 16.7. The second kappa shape index (κ2) is 6.29. The molecule has 5 nitrogen and oxygen atoms in total. The van der Waals surface area contributed by atoms with E-state index in [9.17, 15) is 9.18 Å². The van der Waals surface area contributed by atoms with Gasteiger partial charge in [-0.05, 0) is 36.8 Å². The number of anilines is 2. The van der Waals surface area contributed by atoms with Crippen molar-refractivity contribution in [3.8, 4) is 5.69 Å². The Balaban J connectivity index is 1.69. The van der Waals surface area contributed by atoms with Crippen LogP contribution in [0.3, 0.4) is 0 Å². The molecular formula is C20H19FN4O. The van der Waals surface area contributed by atoms with Crippen LogP contribution in [-0.4, -0.2) is 35.8 Å². The first kappa shape index (κ1) is 16.3. The lowest BCUT2D eigenvalue weighted by Crippen LogP contribution is -2.42. The van der Waals surface area contributed by atoms with E-state index in [0.717, 1.165) is 16.9 Å². The van der Waals surface area contributed by atoms with E-state index in [-0.39, 0.29) is 11.7 Å². The number of carbonyl (C=O) groups is 1. The van der Waals surface area contributed by atoms with E-state index < -0.39 is 0 Å². The number of para-hydroxylation sites is 1. The maximum absolute atomic E-state index is 13.8. The van der Waals surface area contributed by atoms with Crippen molar-refractivity contribution in [2.45, 2.75) is 6.92 Å². The maximum atomic E-state index is 13.8. The minimum Gasteiger partial charge on any atom is -0.371 e. The second-order valence-electron chi connectivity index (χ2n) is 6.47. The summed E-state index contributed by atoms with van der Waals surface area (Å²) in [5.41, 5.74) is 3.91. The fourth-order valence-corrected chi connectivity index (χ4v) is 3.28. The van der Waals surface area contributed by atoms with Gasteiger partial charge in [0.25, 0.3) is 5.91 Å². The summed E-state index contributed by atoms with van der Waals surface area (Å²) in [5, 5.41) is 4.34. The molecule has 0 saturated heterocycles. The Labute approximate surface area is 151 Å². The van der Waals surface area contributed by atoms with Crippen molar-refractivity contribution in [3.63, 3.8) is 0 Å². The number of benzene rings is 2. The van der Waals surface area contributed by atoms with Crippen molar-refractivity contribution in [2.24, 2.45) is 0 Å². The Kier molecular flexibility index (Phi) is 3.95. The molecule has 1 aromatic heterocycles. The fraction of sp³-hybridized carbons (Fsp3) is 0.200. The summed E-state index contributed by atoms with van der Waals surface area (Å²) < 4.78 is 15.5. The number of hydrogen-bond donors (Lipinski definition) is 0. The van der Waals surface area contributed by atoms with Gasteiger partial charge < -0.3 is 9.80 Å². The van der Waals surface area contributed by atoms with Crippen LogP contribution in [0.4, 0.5) is 15.8 Å². The largest absolute Gasteiger partial charge is 0.371 e. The van der Waals surface area contributed by atoms with E-state index in [1.165, 1.54) is 12.1 Å². The highest BCUT2D eigenvalue weighted by Crippen LogP contribution is 2.33. The quantitative estimate of drug-likeness (QED) is 0.711. The lowest BCUT2D eigenvalue weighted by molar-refractivity contribution is 0.0986. The molecule has 1 aliphatic heterocycles. The van der Waals surface area contributed by atoms with E-state index in [0.29, 0.717) is 24.3 Å². The van der Waals surface area contributed by atoms with Gasteiger partial charge in [-0.1, -0.05) is 18.2 Å². The first-order chi connectivity index (χ1) is 12.5. The van der Waals surface area contributed by atoms with Gasteiger partial charge in [-0.15, -0.1) is 0 Å². The third kappa shape index (κ3) is 2.73. The van der Waals surface area contributed by atoms with Crippen molar-refractivity contribution in [2.75, 3.05) is 29.9 Å². The van der Waals surface area contributed by atoms with Crippen molar-refractivity contribution in [1.82, 2.24) is 9.78 Å². The molecule has 1 amide bonds. The Morgan fingerprint density at radius 2 is 1.88 bits per heavy atom. The highest BCUT2D eigenvalue weighted by Gasteiger charge is 2.27. The third-order valence-corrected chi connectivity index (χ3v) is 4.74. The summed E-state index contributed by atoms with van der Waals surface area (Å²) in [6, 6.07) is 12.4. The van der Waals surface area contributed by atoms with E-state index in [2.05, 4.69) is 5.10 Å². The van der Waals surface area contributed by atoms with Crippen molar-refractivity contribution >= 4 is 17.3 Å². The highest BCUT2D eigenvalue weighted by atomic mass is 19.1. The SMILES string of the molecule is Cc1ccccc1-n1cc(C(=O)N2CCN(C)c3ccc(F)cc32)cn1. The molecule has 0 N–H and O–H groups in total. The smallest absolute Gasteiger partial charge is 0.261 e. The van der Waals surface area contributed by atoms with Gasteiger partial charge in [0.2, 0.25) is 0 Å². The minimum atomic E-state index is -0.354. The van der Waals surface area contributed by atoms with Crippen LogP contribution in [0.15, 0.2) is 54.9 Å². The van der Waals surface area contributed by atoms with Gasteiger partial charge in [0, 0.05) is 26.3 Å². The molecule has 0 aliphatic carbocycles. The molecule has 4 rings (SSSR count). The monoisotopic (exact) mass is 350 g/mol. The standard InChI is InChI=1S/C20H19FN4O/c1-14-5-3-4-6-17(14)25-13-15(12-22-25)20(26)24-10-9-23(2)18-8-7-16(21)11-19(18)24/h3-8,11-13H,9-10H2,1-2H3. The minimum absolute atomic E-state index is 0.176. The first-order valence-corrected chi connectivity index (χ1v) is 8.48. The Morgan fingerprint density at radius 1 is 1.08 bits per heavy atom. The zero-order valence-electron chi connectivity index (χ0n) is 14.7. The van der Waals surface area contributed by atoms with Crippen molar-refractivity contribution in [3.05, 3.63) is 71.8 Å². The predicted octanol–water partition coefficient (Wildman–Crippen LogP) is 3.42. The number of nitrogens with zero attached hydrogens (tertiary/aromatic N) is 4. The number of halogens is 1. The molecule has 2 aromatic carbocycles. The van der Waals surface area contributed by atoms with Gasteiger partial charge in [0.05, 0.1) is 28.8 Å². The normalized spacial score (nSPS) is 13.7. The van der Waals surface area contributed by atoms with Gasteiger partial charge in [-0.25, -0.2) is 9.07 Å². The number of fused-ring (bicyclic) bond motifs is 1. The van der Waals surface area contributed by atoms with Crippen LogP contribution in [0.1, 0.15) is 15.9 Å². The molecule has 0 fully saturated rings. The fourth-order valence-electron chi connectivity index (χ4n) is 3.28. The van der Waals surface area contributed by atoms with Crippen LogP contribution < -0.4 is 9.80 Å². The van der Waals surface area contributed by atoms with Gasteiger partial charge in [0.15, 0.2) is 0 Å². The zero-order chi connectivity index (χ0) is 18.3. The van der Waals surface area contributed by atoms with Gasteiger partial charge >= 0.3 is 0 Å². The average Bonchev–Trinajstić information content (AvgIpc) is 3.11. The molecule has 132 valence electrons. The number of amides is 1. The molecule has 3 aromatic rings. The Morgan fingerprint density at radius 3 is 2.69 bits per heavy atom. The van der Waals surface area contributed by atoms with Gasteiger partial charge in [-0.3, -0.25) is 4.79 Å². The number of hydrogen-bond acceptors (Lipinski definition) is 3. The molecule has 0 radical (unpaired) electrons. The number of aryl methyl sites for hydroxylation is 1. The number of likely N-dealkylation sites (N-methyl/N-ethyl adjacent to an activating group) is 1. The van der Waals surface area contributed by atoms with E-state index in [1.54, 1.807) is 28.0 Å². The topological polar surface area (TPSA) is 41.4 Å². The maximum Gasteiger partial charge on any atom is 0.261 e. The van der Waals surface area contributed by atoms with Crippen LogP contribution in [-0.2, 0) is 0 Å². The third-order valence-electron chi connectivity index (χ3n) is 4.74. The molecule has 0 unspecified atom stereocenters. The van der Waals surface area contributed by atoms with E-state index in [1.807, 2.05) is 43.1 Å². The zero-order valence-corrected chi connectivity index (χ0v) is 14.7. The molecule has 0 saturated carbocycles. The number of carbonyl (C=O) groups excluding carboxylic acids is 1. The van der Waals surface area contributed by atoms with Crippen LogP contribution in [0.2, 0.25) is 0 Å². The van der Waals surface area contributed by atoms with Crippen LogP contribution >= 0.6 is 0 Å². The summed E-state index contributed by atoms with van der Waals surface area (Å²) in [5.74, 6) is -0.530.